The van der Waals surface area contributed by atoms with Crippen molar-refractivity contribution in [2.75, 3.05) is 11.9 Å². The van der Waals surface area contributed by atoms with Crippen molar-refractivity contribution in [1.29, 1.82) is 0 Å². The number of anilines is 1. The summed E-state index contributed by atoms with van der Waals surface area (Å²) in [5, 5.41) is 7.37. The second kappa shape index (κ2) is 14.2. The Morgan fingerprint density at radius 1 is 0.980 bits per heavy atom. The molecular formula is C37H44FN5O6S. The first kappa shape index (κ1) is 34.2. The zero-order valence-corrected chi connectivity index (χ0v) is 28.8. The lowest BCUT2D eigenvalue weighted by Crippen LogP contribution is -2.62. The lowest BCUT2D eigenvalue weighted by molar-refractivity contribution is -0.141. The highest BCUT2D eigenvalue weighted by Crippen LogP contribution is 2.40. The first-order chi connectivity index (χ1) is 24.1. The van der Waals surface area contributed by atoms with Gasteiger partial charge in [0.05, 0.1) is 11.8 Å². The molecule has 0 radical (unpaired) electrons. The highest BCUT2D eigenvalue weighted by molar-refractivity contribution is 7.91. The summed E-state index contributed by atoms with van der Waals surface area (Å²) in [6.45, 7) is 0.0844. The van der Waals surface area contributed by atoms with Crippen LogP contribution in [-0.2, 0) is 24.4 Å². The molecule has 11 nitrogen and oxygen atoms in total. The molecule has 4 aliphatic rings. The molecule has 3 amide bonds. The first-order valence-corrected chi connectivity index (χ1v) is 19.4. The van der Waals surface area contributed by atoms with Crippen molar-refractivity contribution in [2.45, 2.75) is 106 Å². The van der Waals surface area contributed by atoms with Gasteiger partial charge in [0.2, 0.25) is 27.7 Å². The summed E-state index contributed by atoms with van der Waals surface area (Å²) < 4.78 is 48.7. The number of aromatic nitrogens is 1. The van der Waals surface area contributed by atoms with E-state index in [-0.39, 0.29) is 24.8 Å². The number of halogens is 1. The largest absolute Gasteiger partial charge is 0.472 e. The van der Waals surface area contributed by atoms with Gasteiger partial charge in [0, 0.05) is 23.7 Å². The summed E-state index contributed by atoms with van der Waals surface area (Å²) in [6, 6.07) is 13.7. The van der Waals surface area contributed by atoms with Crippen molar-refractivity contribution in [3.8, 4) is 5.88 Å². The SMILES string of the molecule is O=C1N[C@]2(C(=O)NS(=O)(=O)C3CC3)CCC(CCCCCC[C@H](Nc3cccc(F)c3)C(=O)N3C[C@H](Oc4nccc5ccccc45)C[C@@H]13)C2. The predicted molar refractivity (Wildman–Crippen MR) is 186 cm³/mol. The zero-order valence-electron chi connectivity index (χ0n) is 28.0. The van der Waals surface area contributed by atoms with Gasteiger partial charge in [0.15, 0.2) is 0 Å². The van der Waals surface area contributed by atoms with Crippen LogP contribution in [-0.4, -0.2) is 71.5 Å². The number of nitrogens with one attached hydrogen (secondary N) is 3. The number of rotatable bonds is 7. The van der Waals surface area contributed by atoms with E-state index in [0.717, 1.165) is 42.9 Å². The molecule has 50 heavy (non-hydrogen) atoms. The maximum absolute atomic E-state index is 14.5. The fourth-order valence-electron chi connectivity index (χ4n) is 7.87. The number of carbonyl (C=O) groups is 3. The number of pyridine rings is 1. The number of hydrogen-bond acceptors (Lipinski definition) is 8. The molecule has 2 aliphatic carbocycles. The molecule has 2 saturated carbocycles. The highest BCUT2D eigenvalue weighted by Gasteiger charge is 2.51. The molecule has 4 fully saturated rings. The van der Waals surface area contributed by atoms with E-state index in [0.29, 0.717) is 50.1 Å². The normalized spacial score (nSPS) is 27.9. The summed E-state index contributed by atoms with van der Waals surface area (Å²) in [5.41, 5.74) is -0.965. The van der Waals surface area contributed by atoms with Gasteiger partial charge in [-0.05, 0) is 80.2 Å². The summed E-state index contributed by atoms with van der Waals surface area (Å²) in [4.78, 5) is 48.8. The molecule has 3 heterocycles. The van der Waals surface area contributed by atoms with Crippen molar-refractivity contribution in [1.82, 2.24) is 19.9 Å². The van der Waals surface area contributed by atoms with Crippen LogP contribution in [0.3, 0.4) is 0 Å². The molecule has 2 saturated heterocycles. The maximum Gasteiger partial charge on any atom is 0.259 e. The minimum atomic E-state index is -3.85. The summed E-state index contributed by atoms with van der Waals surface area (Å²) >= 11 is 0. The standard InChI is InChI=1S/C37H44FN5O6S/c38-26-10-7-11-27(20-26)40-31-13-4-2-1-3-8-24-16-18-37(22-24,36(46)42-50(47,48)29-14-15-29)41-33(44)32-21-28(23-43(32)35(31)45)49-34-30-12-6-5-9-25(30)17-19-39-34/h5-7,9-12,17,19-20,24,28-29,31-32,40H,1-4,8,13-16,18,21-23H2,(H,41,44)(H,42,46)/t24?,28-,31+,32+,37-/m1/s1. The van der Waals surface area contributed by atoms with Crippen LogP contribution in [0.5, 0.6) is 5.88 Å². The van der Waals surface area contributed by atoms with Crippen molar-refractivity contribution in [2.24, 2.45) is 5.92 Å². The van der Waals surface area contributed by atoms with Crippen LogP contribution < -0.4 is 20.1 Å². The summed E-state index contributed by atoms with van der Waals surface area (Å²) in [5.74, 6) is -1.48. The predicted octanol–water partition coefficient (Wildman–Crippen LogP) is 4.82. The molecule has 1 aromatic heterocycles. The molecule has 2 aliphatic heterocycles. The van der Waals surface area contributed by atoms with Crippen LogP contribution in [0.25, 0.3) is 10.8 Å². The van der Waals surface area contributed by atoms with E-state index in [1.165, 1.54) is 17.0 Å². The minimum absolute atomic E-state index is 0.0844. The number of amides is 3. The fourth-order valence-corrected chi connectivity index (χ4v) is 9.25. The molecular weight excluding hydrogens is 662 g/mol. The third-order valence-corrected chi connectivity index (χ3v) is 12.5. The second-order valence-electron chi connectivity index (χ2n) is 14.4. The second-order valence-corrected chi connectivity index (χ2v) is 16.3. The molecule has 13 heteroatoms. The first-order valence-electron chi connectivity index (χ1n) is 17.8. The Hall–Kier alpha value is -4.26. The molecule has 2 bridgehead atoms. The fraction of sp³-hybridized carbons (Fsp3) is 0.514. The summed E-state index contributed by atoms with van der Waals surface area (Å²) in [7, 11) is -3.85. The van der Waals surface area contributed by atoms with Crippen LogP contribution in [0.1, 0.15) is 77.0 Å². The van der Waals surface area contributed by atoms with Crippen LogP contribution in [0.2, 0.25) is 0 Å². The van der Waals surface area contributed by atoms with Crippen molar-refractivity contribution >= 4 is 44.2 Å². The van der Waals surface area contributed by atoms with Gasteiger partial charge in [0.1, 0.15) is 29.5 Å². The van der Waals surface area contributed by atoms with Gasteiger partial charge in [-0.2, -0.15) is 0 Å². The molecule has 3 aromatic rings. The van der Waals surface area contributed by atoms with Gasteiger partial charge in [-0.1, -0.05) is 56.4 Å². The third-order valence-electron chi connectivity index (χ3n) is 10.7. The van der Waals surface area contributed by atoms with E-state index >= 15 is 0 Å². The number of fused-ring (bicyclic) bond motifs is 4. The number of hydrogen-bond donors (Lipinski definition) is 3. The minimum Gasteiger partial charge on any atom is -0.472 e. The van der Waals surface area contributed by atoms with E-state index in [2.05, 4.69) is 20.3 Å². The number of carbonyl (C=O) groups excluding carboxylic acids is 3. The Bertz CT molecular complexity index is 1870. The van der Waals surface area contributed by atoms with Crippen LogP contribution in [0, 0.1) is 11.7 Å². The van der Waals surface area contributed by atoms with Crippen LogP contribution in [0.15, 0.2) is 60.8 Å². The van der Waals surface area contributed by atoms with Crippen molar-refractivity contribution in [3.63, 3.8) is 0 Å². The highest BCUT2D eigenvalue weighted by atomic mass is 32.2. The average Bonchev–Trinajstić information content (AvgIpc) is 3.77. The van der Waals surface area contributed by atoms with Crippen LogP contribution >= 0.6 is 0 Å². The van der Waals surface area contributed by atoms with E-state index in [4.69, 9.17) is 4.74 Å². The quantitative estimate of drug-likeness (QED) is 0.317. The lowest BCUT2D eigenvalue weighted by atomic mass is 9.92. The molecule has 5 atom stereocenters. The van der Waals surface area contributed by atoms with Gasteiger partial charge < -0.3 is 20.3 Å². The average molecular weight is 706 g/mol. The molecule has 7 rings (SSSR count). The third kappa shape index (κ3) is 7.42. The van der Waals surface area contributed by atoms with E-state index in [9.17, 15) is 27.2 Å². The number of benzene rings is 2. The smallest absolute Gasteiger partial charge is 0.259 e. The molecule has 1 unspecified atom stereocenters. The Kier molecular flexibility index (Phi) is 9.69. The number of ether oxygens (including phenoxy) is 1. The van der Waals surface area contributed by atoms with Gasteiger partial charge in [-0.25, -0.2) is 17.8 Å². The summed E-state index contributed by atoms with van der Waals surface area (Å²) in [6.07, 6.45) is 8.32. The Morgan fingerprint density at radius 2 is 1.78 bits per heavy atom. The molecule has 3 N–H and O–H groups in total. The lowest BCUT2D eigenvalue weighted by Gasteiger charge is -2.33. The molecule has 2 aromatic carbocycles. The topological polar surface area (TPSA) is 147 Å². The molecule has 266 valence electrons. The maximum atomic E-state index is 14.5. The van der Waals surface area contributed by atoms with Gasteiger partial charge in [-0.15, -0.1) is 0 Å². The number of nitrogens with zero attached hydrogens (tertiary/aromatic N) is 2. The van der Waals surface area contributed by atoms with Gasteiger partial charge in [-0.3, -0.25) is 19.1 Å². The molecule has 0 spiro atoms. The van der Waals surface area contributed by atoms with Gasteiger partial charge in [0.25, 0.3) is 5.91 Å². The number of sulfonamides is 1. The van der Waals surface area contributed by atoms with Gasteiger partial charge >= 0.3 is 0 Å². The Morgan fingerprint density at radius 3 is 2.58 bits per heavy atom. The van der Waals surface area contributed by atoms with Crippen molar-refractivity contribution in [3.05, 3.63) is 66.6 Å². The monoisotopic (exact) mass is 705 g/mol. The van der Waals surface area contributed by atoms with E-state index < -0.39 is 56.6 Å². The van der Waals surface area contributed by atoms with E-state index in [1.54, 1.807) is 18.3 Å². The Balaban J connectivity index is 1.21. The van der Waals surface area contributed by atoms with E-state index in [1.807, 2.05) is 30.3 Å². The zero-order chi connectivity index (χ0) is 34.9. The van der Waals surface area contributed by atoms with Crippen molar-refractivity contribution < 1.29 is 31.9 Å². The van der Waals surface area contributed by atoms with Crippen LogP contribution in [0.4, 0.5) is 10.1 Å². The Labute approximate surface area is 291 Å².